The smallest absolute Gasteiger partial charge is 0.341 e. The van der Waals surface area contributed by atoms with Gasteiger partial charge in [0.1, 0.15) is 5.00 Å². The Balaban J connectivity index is 1.87. The van der Waals surface area contributed by atoms with E-state index in [1.54, 1.807) is 0 Å². The summed E-state index contributed by atoms with van der Waals surface area (Å²) < 4.78 is 5.43. The fourth-order valence-electron chi connectivity index (χ4n) is 3.62. The summed E-state index contributed by atoms with van der Waals surface area (Å²) in [6, 6.07) is 7.68. The van der Waals surface area contributed by atoms with Crippen molar-refractivity contribution in [3.63, 3.8) is 0 Å². The number of fused-ring (bicyclic) bond motifs is 1. The highest BCUT2D eigenvalue weighted by Crippen LogP contribution is 2.40. The van der Waals surface area contributed by atoms with E-state index in [-0.39, 0.29) is 17.3 Å². The van der Waals surface area contributed by atoms with E-state index in [2.05, 4.69) is 33.0 Å². The first kappa shape index (κ1) is 21.6. The number of amides is 1. The maximum Gasteiger partial charge on any atom is 0.341 e. The zero-order chi connectivity index (χ0) is 21.2. The molecule has 0 saturated carbocycles. The molecule has 4 nitrogen and oxygen atoms in total. The molecular weight excluding hydrogens is 382 g/mol. The lowest BCUT2D eigenvalue weighted by Crippen LogP contribution is -2.17. The van der Waals surface area contributed by atoms with Crippen molar-refractivity contribution in [2.24, 2.45) is 5.92 Å². The van der Waals surface area contributed by atoms with E-state index in [1.807, 2.05) is 31.2 Å². The lowest BCUT2D eigenvalue weighted by atomic mass is 9.86. The standard InChI is InChI=1S/C24H31NO3S/c1-6-13-28-23(27)20-18-12-7-15(2)14-19(18)29-22(20)25-21(26)16-8-10-17(11-9-16)24(3,4)5/h8-11,15H,6-7,12-14H2,1-5H3,(H,25,26). The van der Waals surface area contributed by atoms with Crippen LogP contribution >= 0.6 is 11.3 Å². The van der Waals surface area contributed by atoms with Gasteiger partial charge in [-0.2, -0.15) is 0 Å². The number of esters is 1. The Bertz CT molecular complexity index is 890. The molecule has 156 valence electrons. The molecule has 1 atom stereocenters. The van der Waals surface area contributed by atoms with Gasteiger partial charge in [-0.05, 0) is 60.3 Å². The Hall–Kier alpha value is -2.14. The number of thiophene rings is 1. The third-order valence-electron chi connectivity index (χ3n) is 5.39. The SMILES string of the molecule is CCCOC(=O)c1c(NC(=O)c2ccc(C(C)(C)C)cc2)sc2c1CCC(C)C2. The van der Waals surface area contributed by atoms with Crippen LogP contribution in [0.15, 0.2) is 24.3 Å². The molecule has 5 heteroatoms. The molecule has 1 amide bonds. The van der Waals surface area contributed by atoms with Crippen LogP contribution in [0.1, 0.15) is 84.2 Å². The first-order chi connectivity index (χ1) is 13.7. The highest BCUT2D eigenvalue weighted by Gasteiger charge is 2.29. The second kappa shape index (κ2) is 8.70. The predicted molar refractivity (Wildman–Crippen MR) is 119 cm³/mol. The number of rotatable bonds is 5. The molecule has 0 saturated heterocycles. The number of hydrogen-bond acceptors (Lipinski definition) is 4. The highest BCUT2D eigenvalue weighted by atomic mass is 32.1. The van der Waals surface area contributed by atoms with Crippen LogP contribution in [0.3, 0.4) is 0 Å². The molecule has 0 aliphatic heterocycles. The molecule has 0 bridgehead atoms. The van der Waals surface area contributed by atoms with Crippen LogP contribution < -0.4 is 5.32 Å². The minimum atomic E-state index is -0.322. The van der Waals surface area contributed by atoms with Crippen molar-refractivity contribution >= 4 is 28.2 Å². The third kappa shape index (κ3) is 4.89. The Morgan fingerprint density at radius 3 is 2.52 bits per heavy atom. The maximum absolute atomic E-state index is 12.9. The second-order valence-corrected chi connectivity index (χ2v) is 10.1. The molecule has 1 aliphatic rings. The number of ether oxygens (including phenoxy) is 1. The molecule has 0 radical (unpaired) electrons. The fraction of sp³-hybridized carbons (Fsp3) is 0.500. The van der Waals surface area contributed by atoms with Gasteiger partial charge in [-0.3, -0.25) is 4.79 Å². The molecule has 29 heavy (non-hydrogen) atoms. The molecule has 0 fully saturated rings. The van der Waals surface area contributed by atoms with Crippen molar-refractivity contribution in [1.82, 2.24) is 0 Å². The summed E-state index contributed by atoms with van der Waals surface area (Å²) in [4.78, 5) is 26.8. The highest BCUT2D eigenvalue weighted by molar-refractivity contribution is 7.17. The summed E-state index contributed by atoms with van der Waals surface area (Å²) in [5.41, 5.74) is 3.43. The van der Waals surface area contributed by atoms with Crippen molar-refractivity contribution in [1.29, 1.82) is 0 Å². The molecule has 1 N–H and O–H groups in total. The Morgan fingerprint density at radius 1 is 1.21 bits per heavy atom. The topological polar surface area (TPSA) is 55.4 Å². The summed E-state index contributed by atoms with van der Waals surface area (Å²) in [5.74, 6) is 0.0769. The molecule has 0 spiro atoms. The molecule has 1 aromatic carbocycles. The molecule has 2 aromatic rings. The normalized spacial score (nSPS) is 16.2. The molecule has 1 heterocycles. The summed E-state index contributed by atoms with van der Waals surface area (Å²) in [6.07, 6.45) is 3.64. The molecule has 3 rings (SSSR count). The zero-order valence-corrected chi connectivity index (χ0v) is 18.9. The van der Waals surface area contributed by atoms with Gasteiger partial charge in [-0.1, -0.05) is 46.8 Å². The average molecular weight is 414 g/mol. The predicted octanol–water partition coefficient (Wildman–Crippen LogP) is 5.99. The van der Waals surface area contributed by atoms with Gasteiger partial charge in [0.15, 0.2) is 0 Å². The zero-order valence-electron chi connectivity index (χ0n) is 18.1. The third-order valence-corrected chi connectivity index (χ3v) is 6.56. The van der Waals surface area contributed by atoms with Crippen LogP contribution in [-0.4, -0.2) is 18.5 Å². The second-order valence-electron chi connectivity index (χ2n) is 8.97. The largest absolute Gasteiger partial charge is 0.462 e. The molecule has 1 aliphatic carbocycles. The van der Waals surface area contributed by atoms with E-state index < -0.39 is 0 Å². The quantitative estimate of drug-likeness (QED) is 0.613. The van der Waals surface area contributed by atoms with Crippen LogP contribution in [0.25, 0.3) is 0 Å². The van der Waals surface area contributed by atoms with Crippen molar-refractivity contribution in [2.75, 3.05) is 11.9 Å². The van der Waals surface area contributed by atoms with Crippen molar-refractivity contribution < 1.29 is 14.3 Å². The summed E-state index contributed by atoms with van der Waals surface area (Å²) in [6.45, 7) is 11.0. The first-order valence-electron chi connectivity index (χ1n) is 10.4. The summed E-state index contributed by atoms with van der Waals surface area (Å²) in [7, 11) is 0. The lowest BCUT2D eigenvalue weighted by Gasteiger charge is -2.19. The maximum atomic E-state index is 12.9. The van der Waals surface area contributed by atoms with Gasteiger partial charge in [-0.25, -0.2) is 4.79 Å². The van der Waals surface area contributed by atoms with E-state index in [0.717, 1.165) is 31.2 Å². The van der Waals surface area contributed by atoms with E-state index in [4.69, 9.17) is 4.74 Å². The van der Waals surface area contributed by atoms with E-state index in [9.17, 15) is 9.59 Å². The summed E-state index contributed by atoms with van der Waals surface area (Å²) >= 11 is 1.53. The number of carbonyl (C=O) groups excluding carboxylic acids is 2. The van der Waals surface area contributed by atoms with E-state index in [1.165, 1.54) is 21.8 Å². The van der Waals surface area contributed by atoms with Crippen molar-refractivity contribution in [3.8, 4) is 0 Å². The molecule has 1 aromatic heterocycles. The number of anilines is 1. The van der Waals surface area contributed by atoms with Crippen LogP contribution in [0.4, 0.5) is 5.00 Å². The lowest BCUT2D eigenvalue weighted by molar-refractivity contribution is 0.0505. The number of benzene rings is 1. The van der Waals surface area contributed by atoms with E-state index in [0.29, 0.717) is 28.7 Å². The van der Waals surface area contributed by atoms with Crippen LogP contribution in [0, 0.1) is 5.92 Å². The minimum Gasteiger partial charge on any atom is -0.462 e. The monoisotopic (exact) mass is 413 g/mol. The van der Waals surface area contributed by atoms with Gasteiger partial charge >= 0.3 is 5.97 Å². The average Bonchev–Trinajstić information content (AvgIpc) is 3.02. The first-order valence-corrected chi connectivity index (χ1v) is 11.3. The van der Waals surface area contributed by atoms with Crippen LogP contribution in [0.5, 0.6) is 0 Å². The Kier molecular flexibility index (Phi) is 6.47. The van der Waals surface area contributed by atoms with Gasteiger partial charge < -0.3 is 10.1 Å². The van der Waals surface area contributed by atoms with Crippen molar-refractivity contribution in [3.05, 3.63) is 51.4 Å². The van der Waals surface area contributed by atoms with E-state index >= 15 is 0 Å². The van der Waals surface area contributed by atoms with Gasteiger partial charge in [0.25, 0.3) is 5.91 Å². The number of nitrogens with one attached hydrogen (secondary N) is 1. The molecular formula is C24H31NO3S. The minimum absolute atomic E-state index is 0.0364. The van der Waals surface area contributed by atoms with Crippen molar-refractivity contribution in [2.45, 2.75) is 65.7 Å². The fourth-order valence-corrected chi connectivity index (χ4v) is 5.01. The van der Waals surface area contributed by atoms with Gasteiger partial charge in [0, 0.05) is 10.4 Å². The summed E-state index contributed by atoms with van der Waals surface area (Å²) in [5, 5.41) is 3.61. The van der Waals surface area contributed by atoms with Crippen LogP contribution in [0.2, 0.25) is 0 Å². The number of hydrogen-bond donors (Lipinski definition) is 1. The Labute approximate surface area is 177 Å². The number of carbonyl (C=O) groups is 2. The van der Waals surface area contributed by atoms with Gasteiger partial charge in [-0.15, -0.1) is 11.3 Å². The van der Waals surface area contributed by atoms with Gasteiger partial charge in [0.2, 0.25) is 0 Å². The molecule has 1 unspecified atom stereocenters. The van der Waals surface area contributed by atoms with Gasteiger partial charge in [0.05, 0.1) is 12.2 Å². The van der Waals surface area contributed by atoms with Crippen LogP contribution in [-0.2, 0) is 23.0 Å². The Morgan fingerprint density at radius 2 is 1.90 bits per heavy atom.